The van der Waals surface area contributed by atoms with Crippen LogP contribution in [0, 0.1) is 0 Å². The van der Waals surface area contributed by atoms with Crippen molar-refractivity contribution in [3.05, 3.63) is 11.7 Å². The molecule has 1 aliphatic rings. The molecule has 7 nitrogen and oxygen atoms in total. The van der Waals surface area contributed by atoms with Gasteiger partial charge in [-0.1, -0.05) is 18.5 Å². The molecule has 1 N–H and O–H groups in total. The molecule has 0 radical (unpaired) electrons. The molecule has 0 saturated carbocycles. The van der Waals surface area contributed by atoms with E-state index >= 15 is 0 Å². The molecular weight excluding hydrogens is 272 g/mol. The third-order valence-electron chi connectivity index (χ3n) is 3.95. The molecule has 1 aromatic heterocycles. The number of aromatic nitrogens is 2. The number of amides is 1. The number of aryl methyl sites for hydroxylation is 1. The van der Waals surface area contributed by atoms with Crippen LogP contribution in [0.25, 0.3) is 0 Å². The van der Waals surface area contributed by atoms with Gasteiger partial charge in [-0.3, -0.25) is 9.69 Å². The second-order valence-electron chi connectivity index (χ2n) is 5.40. The number of carbonyl (C=O) groups excluding carboxylic acids is 1. The first-order chi connectivity index (χ1) is 10.2. The molecule has 1 amide bonds. The van der Waals surface area contributed by atoms with Gasteiger partial charge in [-0.15, -0.1) is 0 Å². The van der Waals surface area contributed by atoms with E-state index in [2.05, 4.69) is 22.0 Å². The van der Waals surface area contributed by atoms with Gasteiger partial charge in [-0.05, 0) is 13.3 Å². The van der Waals surface area contributed by atoms with Crippen LogP contribution in [-0.2, 0) is 11.2 Å². The maximum absolute atomic E-state index is 11.4. The fraction of sp³-hybridized carbons (Fsp3) is 0.786. The Bertz CT molecular complexity index is 455. The molecule has 1 aliphatic heterocycles. The van der Waals surface area contributed by atoms with E-state index in [1.165, 1.54) is 0 Å². The smallest absolute Gasteiger partial charge is 0.248 e. The van der Waals surface area contributed by atoms with E-state index in [9.17, 15) is 4.79 Å². The fourth-order valence-corrected chi connectivity index (χ4v) is 2.49. The van der Waals surface area contributed by atoms with Crippen molar-refractivity contribution in [2.24, 2.45) is 0 Å². The summed E-state index contributed by atoms with van der Waals surface area (Å²) in [6, 6.07) is 0.0549. The zero-order valence-electron chi connectivity index (χ0n) is 12.8. The molecule has 118 valence electrons. The SMILES string of the molecule is CCCCc1noc(C(C)N2CCN(C(=O)CO)CC2)n1. The Morgan fingerprint density at radius 2 is 2.10 bits per heavy atom. The van der Waals surface area contributed by atoms with E-state index in [-0.39, 0.29) is 11.9 Å². The quantitative estimate of drug-likeness (QED) is 0.828. The Kier molecular flexibility index (Phi) is 5.69. The van der Waals surface area contributed by atoms with Crippen molar-refractivity contribution in [2.75, 3.05) is 32.8 Å². The lowest BCUT2D eigenvalue weighted by molar-refractivity contribution is -0.136. The average Bonchev–Trinajstić information content (AvgIpc) is 3.00. The van der Waals surface area contributed by atoms with Crippen LogP contribution in [0.3, 0.4) is 0 Å². The monoisotopic (exact) mass is 296 g/mol. The largest absolute Gasteiger partial charge is 0.387 e. The summed E-state index contributed by atoms with van der Waals surface area (Å²) < 4.78 is 5.35. The highest BCUT2D eigenvalue weighted by Crippen LogP contribution is 2.20. The minimum Gasteiger partial charge on any atom is -0.387 e. The molecule has 2 heterocycles. The first kappa shape index (κ1) is 15.9. The minimum atomic E-state index is -0.417. The van der Waals surface area contributed by atoms with E-state index in [0.29, 0.717) is 19.0 Å². The van der Waals surface area contributed by atoms with Crippen molar-refractivity contribution in [1.82, 2.24) is 19.9 Å². The number of rotatable bonds is 6. The molecular formula is C14H24N4O3. The molecule has 1 fully saturated rings. The minimum absolute atomic E-state index is 0.0549. The van der Waals surface area contributed by atoms with Crippen LogP contribution in [0.1, 0.15) is 44.4 Å². The van der Waals surface area contributed by atoms with Crippen molar-refractivity contribution < 1.29 is 14.4 Å². The second kappa shape index (κ2) is 7.51. The molecule has 0 spiro atoms. The van der Waals surface area contributed by atoms with Crippen LogP contribution >= 0.6 is 0 Å². The summed E-state index contributed by atoms with van der Waals surface area (Å²) in [5.74, 6) is 1.21. The number of nitrogens with zero attached hydrogens (tertiary/aromatic N) is 4. The normalized spacial score (nSPS) is 18.0. The van der Waals surface area contributed by atoms with Crippen LogP contribution in [0.2, 0.25) is 0 Å². The third kappa shape index (κ3) is 4.01. The fourth-order valence-electron chi connectivity index (χ4n) is 2.49. The third-order valence-corrected chi connectivity index (χ3v) is 3.95. The number of aliphatic hydroxyl groups is 1. The average molecular weight is 296 g/mol. The number of unbranched alkanes of at least 4 members (excludes halogenated alkanes) is 1. The van der Waals surface area contributed by atoms with Gasteiger partial charge in [-0.25, -0.2) is 0 Å². The van der Waals surface area contributed by atoms with Gasteiger partial charge in [0.1, 0.15) is 6.61 Å². The Morgan fingerprint density at radius 3 is 2.71 bits per heavy atom. The topological polar surface area (TPSA) is 82.7 Å². The number of carbonyl (C=O) groups is 1. The van der Waals surface area contributed by atoms with Crippen molar-refractivity contribution in [3.8, 4) is 0 Å². The molecule has 1 saturated heterocycles. The van der Waals surface area contributed by atoms with Crippen molar-refractivity contribution >= 4 is 5.91 Å². The van der Waals surface area contributed by atoms with Crippen LogP contribution < -0.4 is 0 Å². The van der Waals surface area contributed by atoms with Crippen molar-refractivity contribution in [2.45, 2.75) is 39.2 Å². The van der Waals surface area contributed by atoms with Crippen molar-refractivity contribution in [1.29, 1.82) is 0 Å². The number of hydrogen-bond donors (Lipinski definition) is 1. The summed E-state index contributed by atoms with van der Waals surface area (Å²) in [5.41, 5.74) is 0. The van der Waals surface area contributed by atoms with E-state index in [1.807, 2.05) is 6.92 Å². The molecule has 0 bridgehead atoms. The lowest BCUT2D eigenvalue weighted by Crippen LogP contribution is -2.50. The molecule has 1 aromatic rings. The summed E-state index contributed by atoms with van der Waals surface area (Å²) in [7, 11) is 0. The van der Waals surface area contributed by atoms with Gasteiger partial charge < -0.3 is 14.5 Å². The Labute approximate surface area is 124 Å². The van der Waals surface area contributed by atoms with Gasteiger partial charge in [-0.2, -0.15) is 4.98 Å². The Balaban J connectivity index is 1.88. The van der Waals surface area contributed by atoms with Crippen LogP contribution in [0.15, 0.2) is 4.52 Å². The number of hydrogen-bond acceptors (Lipinski definition) is 6. The summed E-state index contributed by atoms with van der Waals surface area (Å²) in [4.78, 5) is 19.8. The van der Waals surface area contributed by atoms with Gasteiger partial charge in [0.2, 0.25) is 11.8 Å². The van der Waals surface area contributed by atoms with E-state index < -0.39 is 6.61 Å². The molecule has 1 atom stereocenters. The summed E-state index contributed by atoms with van der Waals surface area (Å²) in [6.45, 7) is 6.51. The van der Waals surface area contributed by atoms with Crippen LogP contribution in [0.4, 0.5) is 0 Å². The summed E-state index contributed by atoms with van der Waals surface area (Å²) >= 11 is 0. The first-order valence-corrected chi connectivity index (χ1v) is 7.60. The van der Waals surface area contributed by atoms with E-state index in [1.54, 1.807) is 4.90 Å². The zero-order valence-corrected chi connectivity index (χ0v) is 12.8. The van der Waals surface area contributed by atoms with Gasteiger partial charge in [0, 0.05) is 32.6 Å². The molecule has 21 heavy (non-hydrogen) atoms. The summed E-state index contributed by atoms with van der Waals surface area (Å²) in [6.07, 6.45) is 3.03. The van der Waals surface area contributed by atoms with Gasteiger partial charge in [0.05, 0.1) is 6.04 Å². The van der Waals surface area contributed by atoms with Crippen molar-refractivity contribution in [3.63, 3.8) is 0 Å². The van der Waals surface area contributed by atoms with Gasteiger partial charge in [0.15, 0.2) is 5.82 Å². The maximum Gasteiger partial charge on any atom is 0.248 e. The molecule has 0 aliphatic carbocycles. The van der Waals surface area contributed by atoms with E-state index in [0.717, 1.165) is 38.2 Å². The standard InChI is InChI=1S/C14H24N4O3/c1-3-4-5-12-15-14(21-16-12)11(2)17-6-8-18(9-7-17)13(20)10-19/h11,19H,3-10H2,1-2H3. The maximum atomic E-state index is 11.4. The van der Waals surface area contributed by atoms with Crippen LogP contribution in [-0.4, -0.2) is 63.7 Å². The number of aliphatic hydroxyl groups excluding tert-OH is 1. The predicted octanol–water partition coefficient (Wildman–Crippen LogP) is 0.610. The van der Waals surface area contributed by atoms with Gasteiger partial charge >= 0.3 is 0 Å². The van der Waals surface area contributed by atoms with Gasteiger partial charge in [0.25, 0.3) is 0 Å². The molecule has 0 aromatic carbocycles. The Hall–Kier alpha value is -1.47. The zero-order chi connectivity index (χ0) is 15.2. The molecule has 1 unspecified atom stereocenters. The number of piperazine rings is 1. The van der Waals surface area contributed by atoms with Crippen LogP contribution in [0.5, 0.6) is 0 Å². The highest BCUT2D eigenvalue weighted by molar-refractivity contribution is 5.77. The lowest BCUT2D eigenvalue weighted by Gasteiger charge is -2.36. The summed E-state index contributed by atoms with van der Waals surface area (Å²) in [5, 5.41) is 12.9. The molecule has 2 rings (SSSR count). The lowest BCUT2D eigenvalue weighted by atomic mass is 10.2. The predicted molar refractivity (Wildman–Crippen MR) is 76.6 cm³/mol. The highest BCUT2D eigenvalue weighted by atomic mass is 16.5. The Morgan fingerprint density at radius 1 is 1.38 bits per heavy atom. The molecule has 7 heteroatoms. The van der Waals surface area contributed by atoms with E-state index in [4.69, 9.17) is 9.63 Å². The highest BCUT2D eigenvalue weighted by Gasteiger charge is 2.27. The second-order valence-corrected chi connectivity index (χ2v) is 5.40. The first-order valence-electron chi connectivity index (χ1n) is 7.60.